The first-order valence-electron chi connectivity index (χ1n) is 10.8. The number of carbonyl (C=O) groups is 2. The van der Waals surface area contributed by atoms with E-state index in [1.54, 1.807) is 18.2 Å². The third-order valence-corrected chi connectivity index (χ3v) is 5.68. The monoisotopic (exact) mass is 447 g/mol. The number of aliphatic carboxylic acids is 1. The first-order valence-corrected chi connectivity index (χ1v) is 10.8. The zero-order valence-electron chi connectivity index (χ0n) is 18.0. The summed E-state index contributed by atoms with van der Waals surface area (Å²) >= 11 is 0. The summed E-state index contributed by atoms with van der Waals surface area (Å²) in [6.45, 7) is -0.391. The molecule has 7 heteroatoms. The minimum atomic E-state index is -1.06. The molecule has 7 nitrogen and oxygen atoms in total. The van der Waals surface area contributed by atoms with Crippen LogP contribution < -0.4 is 9.64 Å². The lowest BCUT2D eigenvalue weighted by atomic mass is 9.81. The maximum atomic E-state index is 13.1. The number of amides is 1. The van der Waals surface area contributed by atoms with Gasteiger partial charge in [0.05, 0.1) is 24.1 Å². The fraction of sp³-hybridized carbons (Fsp3) is 0.231. The number of hydrogen-bond acceptors (Lipinski definition) is 5. The Labute approximate surface area is 191 Å². The van der Waals surface area contributed by atoms with Gasteiger partial charge in [-0.2, -0.15) is 0 Å². The summed E-state index contributed by atoms with van der Waals surface area (Å²) in [6.07, 6.45) is -0.211. The van der Waals surface area contributed by atoms with E-state index in [4.69, 9.17) is 14.6 Å². The summed E-state index contributed by atoms with van der Waals surface area (Å²) in [5.74, 6) is -0.886. The Morgan fingerprint density at radius 2 is 1.55 bits per heavy atom. The average molecular weight is 447 g/mol. The van der Waals surface area contributed by atoms with Crippen LogP contribution in [0.3, 0.4) is 0 Å². The van der Waals surface area contributed by atoms with Gasteiger partial charge in [0, 0.05) is 5.92 Å². The molecular weight excluding hydrogens is 422 g/mol. The van der Waals surface area contributed by atoms with Crippen molar-refractivity contribution in [2.75, 3.05) is 18.1 Å². The largest absolute Gasteiger partial charge is 0.482 e. The minimum absolute atomic E-state index is 0.0514. The van der Waals surface area contributed by atoms with Gasteiger partial charge in [-0.25, -0.2) is 14.5 Å². The van der Waals surface area contributed by atoms with E-state index in [1.165, 1.54) is 4.90 Å². The van der Waals surface area contributed by atoms with Crippen molar-refractivity contribution in [3.8, 4) is 5.75 Å². The molecule has 1 amide bonds. The molecule has 3 aromatic rings. The van der Waals surface area contributed by atoms with Crippen LogP contribution in [0.1, 0.15) is 23.7 Å². The van der Waals surface area contributed by atoms with Crippen LogP contribution in [-0.4, -0.2) is 35.5 Å². The van der Waals surface area contributed by atoms with E-state index in [9.17, 15) is 14.7 Å². The molecular formula is C26H25NO6. The molecule has 2 atom stereocenters. The van der Waals surface area contributed by atoms with E-state index < -0.39 is 24.8 Å². The Morgan fingerprint density at radius 3 is 2.15 bits per heavy atom. The molecule has 0 aliphatic heterocycles. The van der Waals surface area contributed by atoms with Gasteiger partial charge in [-0.1, -0.05) is 48.5 Å². The molecule has 170 valence electrons. The number of benzene rings is 3. The third kappa shape index (κ3) is 5.15. The van der Waals surface area contributed by atoms with Crippen LogP contribution in [0.25, 0.3) is 0 Å². The topological polar surface area (TPSA) is 96.3 Å². The quantitative estimate of drug-likeness (QED) is 0.544. The number of ether oxygens (including phenoxy) is 2. The number of carboxylic acid groups (broad SMARTS) is 1. The van der Waals surface area contributed by atoms with Crippen LogP contribution in [0.15, 0.2) is 78.9 Å². The lowest BCUT2D eigenvalue weighted by Crippen LogP contribution is -2.31. The summed E-state index contributed by atoms with van der Waals surface area (Å²) in [6, 6.07) is 23.7. The van der Waals surface area contributed by atoms with Gasteiger partial charge in [0.1, 0.15) is 5.75 Å². The first-order chi connectivity index (χ1) is 16.0. The molecule has 0 saturated heterocycles. The number of fused-ring (bicyclic) bond motifs is 1. The zero-order valence-corrected chi connectivity index (χ0v) is 18.0. The number of aliphatic hydroxyl groups excluding tert-OH is 1. The summed E-state index contributed by atoms with van der Waals surface area (Å²) < 4.78 is 11.0. The number of rotatable bonds is 7. The summed E-state index contributed by atoms with van der Waals surface area (Å²) in [4.78, 5) is 25.4. The van der Waals surface area contributed by atoms with Crippen molar-refractivity contribution in [1.82, 2.24) is 0 Å². The normalized spacial score (nSPS) is 17.0. The van der Waals surface area contributed by atoms with E-state index in [2.05, 4.69) is 0 Å². The Balaban J connectivity index is 1.47. The molecule has 1 aliphatic rings. The highest BCUT2D eigenvalue weighted by Gasteiger charge is 2.31. The molecule has 2 unspecified atom stereocenters. The van der Waals surface area contributed by atoms with E-state index in [-0.39, 0.29) is 12.5 Å². The highest BCUT2D eigenvalue weighted by Crippen LogP contribution is 2.39. The number of nitrogens with zero attached hydrogens (tertiary/aromatic N) is 1. The second-order valence-corrected chi connectivity index (χ2v) is 7.83. The highest BCUT2D eigenvalue weighted by atomic mass is 16.6. The van der Waals surface area contributed by atoms with E-state index in [0.29, 0.717) is 35.5 Å². The van der Waals surface area contributed by atoms with Gasteiger partial charge in [-0.3, -0.25) is 0 Å². The smallest absolute Gasteiger partial charge is 0.418 e. The molecule has 0 radical (unpaired) electrons. The SMILES string of the molecule is O=C(O)COc1cccc2c1CCC(COC(=O)N(c1ccccc1)c1ccccc1)C2O. The number of carboxylic acids is 1. The third-order valence-electron chi connectivity index (χ3n) is 5.68. The van der Waals surface area contributed by atoms with Crippen LogP contribution in [0.2, 0.25) is 0 Å². The molecule has 0 saturated carbocycles. The summed E-state index contributed by atoms with van der Waals surface area (Å²) in [7, 11) is 0. The van der Waals surface area contributed by atoms with Crippen molar-refractivity contribution >= 4 is 23.4 Å². The summed E-state index contributed by atoms with van der Waals surface area (Å²) in [5, 5.41) is 19.8. The minimum Gasteiger partial charge on any atom is -0.482 e. The lowest BCUT2D eigenvalue weighted by Gasteiger charge is -2.31. The molecule has 33 heavy (non-hydrogen) atoms. The number of aliphatic hydroxyl groups is 1. The molecule has 4 rings (SSSR count). The standard InChI is InChI=1S/C26H25NO6/c28-24(29)17-32-23-13-7-12-22-21(23)15-14-18(25(22)30)16-33-26(31)27(19-8-3-1-4-9-19)20-10-5-2-6-11-20/h1-13,18,25,30H,14-17H2,(H,28,29). The van der Waals surface area contributed by atoms with Crippen molar-refractivity contribution in [2.45, 2.75) is 18.9 Å². The van der Waals surface area contributed by atoms with Crippen LogP contribution in [0, 0.1) is 5.92 Å². The van der Waals surface area contributed by atoms with Gasteiger partial charge in [0.2, 0.25) is 0 Å². The van der Waals surface area contributed by atoms with Gasteiger partial charge in [0.25, 0.3) is 0 Å². The Morgan fingerprint density at radius 1 is 0.909 bits per heavy atom. The van der Waals surface area contributed by atoms with E-state index >= 15 is 0 Å². The molecule has 2 N–H and O–H groups in total. The molecule has 0 fully saturated rings. The van der Waals surface area contributed by atoms with Gasteiger partial charge in [0.15, 0.2) is 6.61 Å². The zero-order chi connectivity index (χ0) is 23.2. The number of para-hydroxylation sites is 2. The van der Waals surface area contributed by atoms with Crippen molar-refractivity contribution < 1.29 is 29.3 Å². The Bertz CT molecular complexity index is 1060. The lowest BCUT2D eigenvalue weighted by molar-refractivity contribution is -0.139. The number of hydrogen-bond donors (Lipinski definition) is 2. The molecule has 0 aromatic heterocycles. The molecule has 0 heterocycles. The van der Waals surface area contributed by atoms with Crippen LogP contribution in [0.4, 0.5) is 16.2 Å². The fourth-order valence-corrected chi connectivity index (χ4v) is 4.07. The van der Waals surface area contributed by atoms with E-state index in [0.717, 1.165) is 5.56 Å². The molecule has 0 spiro atoms. The maximum Gasteiger partial charge on any atom is 0.418 e. The average Bonchev–Trinajstić information content (AvgIpc) is 2.84. The van der Waals surface area contributed by atoms with Gasteiger partial charge >= 0.3 is 12.1 Å². The van der Waals surface area contributed by atoms with Crippen LogP contribution >= 0.6 is 0 Å². The second-order valence-electron chi connectivity index (χ2n) is 7.83. The van der Waals surface area contributed by atoms with Gasteiger partial charge in [-0.15, -0.1) is 0 Å². The Kier molecular flexibility index (Phi) is 6.90. The maximum absolute atomic E-state index is 13.1. The van der Waals surface area contributed by atoms with Crippen molar-refractivity contribution in [2.24, 2.45) is 5.92 Å². The predicted molar refractivity (Wildman–Crippen MR) is 123 cm³/mol. The highest BCUT2D eigenvalue weighted by molar-refractivity contribution is 5.95. The first kappa shape index (κ1) is 22.4. The predicted octanol–water partition coefficient (Wildman–Crippen LogP) is 4.72. The molecule has 0 bridgehead atoms. The van der Waals surface area contributed by atoms with Gasteiger partial charge < -0.3 is 19.7 Å². The van der Waals surface area contributed by atoms with Crippen LogP contribution in [0.5, 0.6) is 5.75 Å². The number of anilines is 2. The number of carbonyl (C=O) groups excluding carboxylic acids is 1. The molecule has 1 aliphatic carbocycles. The van der Waals surface area contributed by atoms with Crippen molar-refractivity contribution in [1.29, 1.82) is 0 Å². The second kappa shape index (κ2) is 10.2. The van der Waals surface area contributed by atoms with E-state index in [1.807, 2.05) is 60.7 Å². The van der Waals surface area contributed by atoms with Gasteiger partial charge in [-0.05, 0) is 54.3 Å². The van der Waals surface area contributed by atoms with Crippen molar-refractivity contribution in [3.05, 3.63) is 90.0 Å². The fourth-order valence-electron chi connectivity index (χ4n) is 4.07. The summed E-state index contributed by atoms with van der Waals surface area (Å²) in [5.41, 5.74) is 2.84. The Hall–Kier alpha value is -3.84. The van der Waals surface area contributed by atoms with Crippen LogP contribution in [-0.2, 0) is 16.0 Å². The molecule has 3 aromatic carbocycles. The van der Waals surface area contributed by atoms with Crippen molar-refractivity contribution in [3.63, 3.8) is 0 Å².